The van der Waals surface area contributed by atoms with E-state index >= 15 is 0 Å². The molecule has 0 aliphatic heterocycles. The molecule has 2 aromatic rings. The van der Waals surface area contributed by atoms with Gasteiger partial charge in [-0.1, -0.05) is 35.9 Å². The number of hydrogen-bond acceptors (Lipinski definition) is 4. The summed E-state index contributed by atoms with van der Waals surface area (Å²) in [5.74, 6) is -0.0708. The van der Waals surface area contributed by atoms with Gasteiger partial charge < -0.3 is 4.74 Å². The van der Waals surface area contributed by atoms with Crippen LogP contribution in [0.4, 0.5) is 0 Å². The Labute approximate surface area is 129 Å². The first-order chi connectivity index (χ1) is 10.5. The topological polar surface area (TPSA) is 84.5 Å². The van der Waals surface area contributed by atoms with Gasteiger partial charge in [-0.25, -0.2) is 8.42 Å². The molecule has 6 nitrogen and oxygen atoms in total. The minimum absolute atomic E-state index is 0.0716. The van der Waals surface area contributed by atoms with E-state index in [1.54, 1.807) is 36.4 Å². The van der Waals surface area contributed by atoms with Gasteiger partial charge in [0.2, 0.25) is 0 Å². The quantitative estimate of drug-likeness (QED) is 0.788. The highest BCUT2D eigenvalue weighted by Gasteiger charge is 2.14. The van der Waals surface area contributed by atoms with Crippen LogP contribution in [0.1, 0.15) is 5.56 Å². The fourth-order valence-electron chi connectivity index (χ4n) is 1.60. The summed E-state index contributed by atoms with van der Waals surface area (Å²) in [6.07, 6.45) is 0. The molecule has 0 aliphatic carbocycles. The minimum Gasteiger partial charge on any atom is -0.484 e. The van der Waals surface area contributed by atoms with Gasteiger partial charge in [0.25, 0.3) is 15.9 Å². The van der Waals surface area contributed by atoms with E-state index in [0.717, 1.165) is 5.56 Å². The van der Waals surface area contributed by atoms with Gasteiger partial charge in [0, 0.05) is 0 Å². The Hall–Kier alpha value is -2.38. The second-order valence-electron chi connectivity index (χ2n) is 4.57. The van der Waals surface area contributed by atoms with Gasteiger partial charge in [-0.3, -0.25) is 10.2 Å². The summed E-state index contributed by atoms with van der Waals surface area (Å²) in [5, 5.41) is 0. The molecule has 22 heavy (non-hydrogen) atoms. The number of rotatable bonds is 6. The number of para-hydroxylation sites is 1. The Morgan fingerprint density at radius 3 is 2.32 bits per heavy atom. The normalized spacial score (nSPS) is 11.0. The number of hydrogen-bond donors (Lipinski definition) is 2. The van der Waals surface area contributed by atoms with Crippen molar-refractivity contribution in [3.63, 3.8) is 0 Å². The van der Waals surface area contributed by atoms with Crippen LogP contribution in [-0.2, 0) is 14.8 Å². The monoisotopic (exact) mass is 320 g/mol. The number of ether oxygens (including phenoxy) is 1. The minimum atomic E-state index is -3.79. The summed E-state index contributed by atoms with van der Waals surface area (Å²) in [7, 11) is -3.79. The number of amides is 1. The van der Waals surface area contributed by atoms with Crippen molar-refractivity contribution in [2.75, 3.05) is 6.61 Å². The maximum atomic E-state index is 12.0. The molecule has 0 fully saturated rings. The molecule has 0 aliphatic rings. The van der Waals surface area contributed by atoms with Crippen LogP contribution < -0.4 is 15.0 Å². The molecule has 0 aromatic heterocycles. The summed E-state index contributed by atoms with van der Waals surface area (Å²) in [6.45, 7) is 1.56. The fraction of sp³-hybridized carbons (Fsp3) is 0.133. The lowest BCUT2D eigenvalue weighted by molar-refractivity contribution is -0.123. The zero-order chi connectivity index (χ0) is 16.0. The molecule has 0 bridgehead atoms. The SMILES string of the molecule is Cc1ccc(S(=O)(=O)NNC(=O)COc2ccccc2)cc1. The van der Waals surface area contributed by atoms with Crippen molar-refractivity contribution in [3.05, 3.63) is 60.2 Å². The molecular formula is C15H16N2O4S. The highest BCUT2D eigenvalue weighted by atomic mass is 32.2. The predicted octanol–water partition coefficient (Wildman–Crippen LogP) is 1.38. The molecule has 2 rings (SSSR count). The maximum Gasteiger partial charge on any atom is 0.272 e. The molecule has 0 heterocycles. The number of carbonyl (C=O) groups is 1. The second kappa shape index (κ2) is 7.06. The van der Waals surface area contributed by atoms with Crippen LogP contribution in [-0.4, -0.2) is 20.9 Å². The van der Waals surface area contributed by atoms with Crippen LogP contribution in [0.2, 0.25) is 0 Å². The molecule has 0 spiro atoms. The maximum absolute atomic E-state index is 12.0. The number of carbonyl (C=O) groups excluding carboxylic acids is 1. The number of hydrazine groups is 1. The van der Waals surface area contributed by atoms with Crippen molar-refractivity contribution < 1.29 is 17.9 Å². The van der Waals surface area contributed by atoms with Crippen LogP contribution in [0, 0.1) is 6.92 Å². The Kier molecular flexibility index (Phi) is 5.13. The van der Waals surface area contributed by atoms with Crippen molar-refractivity contribution in [1.29, 1.82) is 0 Å². The van der Waals surface area contributed by atoms with Crippen LogP contribution >= 0.6 is 0 Å². The lowest BCUT2D eigenvalue weighted by Gasteiger charge is -2.09. The molecule has 0 atom stereocenters. The van der Waals surface area contributed by atoms with Crippen LogP contribution in [0.3, 0.4) is 0 Å². The van der Waals surface area contributed by atoms with E-state index in [-0.39, 0.29) is 11.5 Å². The van der Waals surface area contributed by atoms with Gasteiger partial charge in [-0.15, -0.1) is 4.83 Å². The van der Waals surface area contributed by atoms with E-state index in [1.165, 1.54) is 12.1 Å². The Morgan fingerprint density at radius 2 is 1.68 bits per heavy atom. The van der Waals surface area contributed by atoms with E-state index in [4.69, 9.17) is 4.74 Å². The summed E-state index contributed by atoms with van der Waals surface area (Å²) >= 11 is 0. The van der Waals surface area contributed by atoms with E-state index in [1.807, 2.05) is 17.8 Å². The van der Waals surface area contributed by atoms with Crippen LogP contribution in [0.15, 0.2) is 59.5 Å². The predicted molar refractivity (Wildman–Crippen MR) is 81.6 cm³/mol. The van der Waals surface area contributed by atoms with Gasteiger partial charge >= 0.3 is 0 Å². The second-order valence-corrected chi connectivity index (χ2v) is 6.25. The molecule has 0 radical (unpaired) electrons. The molecule has 0 unspecified atom stereocenters. The molecule has 0 saturated heterocycles. The molecule has 116 valence electrons. The van der Waals surface area contributed by atoms with Gasteiger partial charge in [-0.2, -0.15) is 0 Å². The third-order valence-electron chi connectivity index (χ3n) is 2.77. The van der Waals surface area contributed by atoms with Gasteiger partial charge in [0.05, 0.1) is 4.90 Å². The third-order valence-corrected chi connectivity index (χ3v) is 4.03. The van der Waals surface area contributed by atoms with E-state index in [0.29, 0.717) is 5.75 Å². The standard InChI is InChI=1S/C15H16N2O4S/c1-12-7-9-14(10-8-12)22(19,20)17-16-15(18)11-21-13-5-3-2-4-6-13/h2-10,17H,11H2,1H3,(H,16,18). The summed E-state index contributed by atoms with van der Waals surface area (Å²) in [4.78, 5) is 13.7. The lowest BCUT2D eigenvalue weighted by Crippen LogP contribution is -2.43. The lowest BCUT2D eigenvalue weighted by atomic mass is 10.2. The number of nitrogens with one attached hydrogen (secondary N) is 2. The van der Waals surface area contributed by atoms with Crippen molar-refractivity contribution >= 4 is 15.9 Å². The fourth-order valence-corrected chi connectivity index (χ4v) is 2.46. The molecule has 0 saturated carbocycles. The van der Waals surface area contributed by atoms with Gasteiger partial charge in [-0.05, 0) is 31.2 Å². The van der Waals surface area contributed by atoms with E-state index in [9.17, 15) is 13.2 Å². The van der Waals surface area contributed by atoms with Crippen molar-refractivity contribution in [2.45, 2.75) is 11.8 Å². The molecule has 2 aromatic carbocycles. The zero-order valence-electron chi connectivity index (χ0n) is 11.9. The first-order valence-corrected chi connectivity index (χ1v) is 8.01. The Balaban J connectivity index is 1.86. The van der Waals surface area contributed by atoms with Crippen molar-refractivity contribution in [3.8, 4) is 5.75 Å². The first kappa shape index (κ1) is 16.0. The molecule has 2 N–H and O–H groups in total. The highest BCUT2D eigenvalue weighted by molar-refractivity contribution is 7.89. The number of aryl methyl sites for hydroxylation is 1. The summed E-state index contributed by atoms with van der Waals surface area (Å²) in [6, 6.07) is 15.0. The molecule has 1 amide bonds. The summed E-state index contributed by atoms with van der Waals surface area (Å²) < 4.78 is 29.1. The average molecular weight is 320 g/mol. The molecule has 7 heteroatoms. The largest absolute Gasteiger partial charge is 0.484 e. The average Bonchev–Trinajstić information content (AvgIpc) is 2.52. The zero-order valence-corrected chi connectivity index (χ0v) is 12.8. The number of sulfonamides is 1. The van der Waals surface area contributed by atoms with E-state index < -0.39 is 15.9 Å². The Morgan fingerprint density at radius 1 is 1.05 bits per heavy atom. The van der Waals surface area contributed by atoms with Crippen molar-refractivity contribution in [2.24, 2.45) is 0 Å². The smallest absolute Gasteiger partial charge is 0.272 e. The highest BCUT2D eigenvalue weighted by Crippen LogP contribution is 2.09. The van der Waals surface area contributed by atoms with Gasteiger partial charge in [0.15, 0.2) is 6.61 Å². The van der Waals surface area contributed by atoms with Crippen molar-refractivity contribution in [1.82, 2.24) is 10.3 Å². The Bertz CT molecular complexity index is 728. The van der Waals surface area contributed by atoms with Crippen LogP contribution in [0.25, 0.3) is 0 Å². The third kappa shape index (κ3) is 4.57. The molecular weight excluding hydrogens is 304 g/mol. The first-order valence-electron chi connectivity index (χ1n) is 6.52. The van der Waals surface area contributed by atoms with Gasteiger partial charge in [0.1, 0.15) is 5.75 Å². The van der Waals surface area contributed by atoms with Crippen LogP contribution in [0.5, 0.6) is 5.75 Å². The van der Waals surface area contributed by atoms with E-state index in [2.05, 4.69) is 5.43 Å². The summed E-state index contributed by atoms with van der Waals surface area (Å²) in [5.41, 5.74) is 3.05. The number of benzene rings is 2.